The summed E-state index contributed by atoms with van der Waals surface area (Å²) in [6.45, 7) is 0.437. The SMILES string of the molecule is COc1ccc(OC)c(S(=O)(=O)Nc2ccc(OCc3ccccc3)cc2)c1. The first-order valence-corrected chi connectivity index (χ1v) is 10.0. The van der Waals surface area contributed by atoms with Crippen molar-refractivity contribution < 1.29 is 22.6 Å². The van der Waals surface area contributed by atoms with Crippen LogP contribution in [0.1, 0.15) is 5.56 Å². The van der Waals surface area contributed by atoms with Gasteiger partial charge < -0.3 is 14.2 Å². The second-order valence-corrected chi connectivity index (χ2v) is 7.57. The van der Waals surface area contributed by atoms with Gasteiger partial charge in [-0.05, 0) is 42.0 Å². The summed E-state index contributed by atoms with van der Waals surface area (Å²) in [4.78, 5) is -0.00115. The molecule has 0 saturated carbocycles. The molecule has 0 amide bonds. The van der Waals surface area contributed by atoms with Gasteiger partial charge in [-0.2, -0.15) is 0 Å². The smallest absolute Gasteiger partial charge is 0.265 e. The van der Waals surface area contributed by atoms with Gasteiger partial charge in [0.1, 0.15) is 28.8 Å². The van der Waals surface area contributed by atoms with Crippen LogP contribution in [0.5, 0.6) is 17.2 Å². The summed E-state index contributed by atoms with van der Waals surface area (Å²) < 4.78 is 44.1. The van der Waals surface area contributed by atoms with E-state index >= 15 is 0 Å². The highest BCUT2D eigenvalue weighted by molar-refractivity contribution is 7.92. The molecular formula is C21H21NO5S. The fourth-order valence-corrected chi connectivity index (χ4v) is 3.81. The molecule has 0 unspecified atom stereocenters. The third kappa shape index (κ3) is 4.75. The third-order valence-corrected chi connectivity index (χ3v) is 5.42. The van der Waals surface area contributed by atoms with Gasteiger partial charge >= 0.3 is 0 Å². The van der Waals surface area contributed by atoms with Gasteiger partial charge in [0.15, 0.2) is 0 Å². The number of anilines is 1. The number of methoxy groups -OCH3 is 2. The Morgan fingerprint density at radius 3 is 2.14 bits per heavy atom. The highest BCUT2D eigenvalue weighted by atomic mass is 32.2. The van der Waals surface area contributed by atoms with Gasteiger partial charge in [0.05, 0.1) is 14.2 Å². The third-order valence-electron chi connectivity index (χ3n) is 4.02. The number of hydrogen-bond donors (Lipinski definition) is 1. The van der Waals surface area contributed by atoms with Crippen molar-refractivity contribution in [2.75, 3.05) is 18.9 Å². The van der Waals surface area contributed by atoms with E-state index in [1.165, 1.54) is 20.3 Å². The van der Waals surface area contributed by atoms with Crippen molar-refractivity contribution in [1.82, 2.24) is 0 Å². The molecule has 0 atom stereocenters. The van der Waals surface area contributed by atoms with Crippen LogP contribution >= 0.6 is 0 Å². The quantitative estimate of drug-likeness (QED) is 0.618. The number of benzene rings is 3. The van der Waals surface area contributed by atoms with Crippen LogP contribution < -0.4 is 18.9 Å². The molecule has 0 bridgehead atoms. The first-order valence-electron chi connectivity index (χ1n) is 8.53. The van der Waals surface area contributed by atoms with Crippen LogP contribution in [0.25, 0.3) is 0 Å². The first-order chi connectivity index (χ1) is 13.5. The summed E-state index contributed by atoms with van der Waals surface area (Å²) in [7, 11) is -0.964. The Bertz CT molecular complexity index is 1020. The molecule has 6 nitrogen and oxygen atoms in total. The van der Waals surface area contributed by atoms with Crippen LogP contribution in [0.3, 0.4) is 0 Å². The van der Waals surface area contributed by atoms with E-state index in [1.54, 1.807) is 36.4 Å². The van der Waals surface area contributed by atoms with Crippen molar-refractivity contribution >= 4 is 15.7 Å². The number of ether oxygens (including phenoxy) is 3. The summed E-state index contributed by atoms with van der Waals surface area (Å²) in [5, 5.41) is 0. The predicted octanol–water partition coefficient (Wildman–Crippen LogP) is 4.08. The molecule has 3 aromatic carbocycles. The van der Waals surface area contributed by atoms with Crippen LogP contribution in [-0.2, 0) is 16.6 Å². The molecule has 0 spiro atoms. The van der Waals surface area contributed by atoms with E-state index in [0.717, 1.165) is 5.56 Å². The van der Waals surface area contributed by atoms with Crippen molar-refractivity contribution in [3.8, 4) is 17.2 Å². The van der Waals surface area contributed by atoms with Crippen molar-refractivity contribution in [2.45, 2.75) is 11.5 Å². The average molecular weight is 399 g/mol. The van der Waals surface area contributed by atoms with Crippen LogP contribution in [0.4, 0.5) is 5.69 Å². The van der Waals surface area contributed by atoms with Crippen LogP contribution in [0.2, 0.25) is 0 Å². The number of sulfonamides is 1. The van der Waals surface area contributed by atoms with E-state index in [1.807, 2.05) is 30.3 Å². The Kier molecular flexibility index (Phi) is 6.06. The second kappa shape index (κ2) is 8.67. The van der Waals surface area contributed by atoms with Gasteiger partial charge in [-0.25, -0.2) is 8.42 Å². The summed E-state index contributed by atoms with van der Waals surface area (Å²) in [6, 6.07) is 21.1. The van der Waals surface area contributed by atoms with E-state index in [4.69, 9.17) is 14.2 Å². The van der Waals surface area contributed by atoms with Crippen molar-refractivity contribution in [2.24, 2.45) is 0 Å². The summed E-state index contributed by atoms with van der Waals surface area (Å²) in [5.41, 5.74) is 1.47. The molecule has 7 heteroatoms. The molecule has 146 valence electrons. The lowest BCUT2D eigenvalue weighted by atomic mass is 10.2. The molecule has 1 N–H and O–H groups in total. The second-order valence-electron chi connectivity index (χ2n) is 5.92. The minimum absolute atomic E-state index is 0.00115. The molecule has 28 heavy (non-hydrogen) atoms. The summed E-state index contributed by atoms with van der Waals surface area (Å²) >= 11 is 0. The van der Waals surface area contributed by atoms with E-state index in [-0.39, 0.29) is 10.6 Å². The lowest BCUT2D eigenvalue weighted by Gasteiger charge is -2.13. The highest BCUT2D eigenvalue weighted by Crippen LogP contribution is 2.30. The Morgan fingerprint density at radius 1 is 0.821 bits per heavy atom. The van der Waals surface area contributed by atoms with Crippen LogP contribution in [0, 0.1) is 0 Å². The Hall–Kier alpha value is -3.19. The molecule has 0 aromatic heterocycles. The van der Waals surface area contributed by atoms with Gasteiger partial charge in [0, 0.05) is 11.8 Å². The molecular weight excluding hydrogens is 378 g/mol. The number of rotatable bonds is 8. The van der Waals surface area contributed by atoms with Crippen LogP contribution in [0.15, 0.2) is 77.7 Å². The van der Waals surface area contributed by atoms with E-state index in [0.29, 0.717) is 23.8 Å². The fraction of sp³-hybridized carbons (Fsp3) is 0.143. The Balaban J connectivity index is 1.72. The minimum Gasteiger partial charge on any atom is -0.497 e. The van der Waals surface area contributed by atoms with E-state index in [2.05, 4.69) is 4.72 Å². The monoisotopic (exact) mass is 399 g/mol. The molecule has 3 rings (SSSR count). The lowest BCUT2D eigenvalue weighted by Crippen LogP contribution is -2.14. The maximum absolute atomic E-state index is 12.8. The molecule has 0 fully saturated rings. The lowest BCUT2D eigenvalue weighted by molar-refractivity contribution is 0.306. The normalized spacial score (nSPS) is 10.9. The number of nitrogens with one attached hydrogen (secondary N) is 1. The maximum Gasteiger partial charge on any atom is 0.265 e. The first kappa shape index (κ1) is 19.6. The van der Waals surface area contributed by atoms with Crippen molar-refractivity contribution in [3.63, 3.8) is 0 Å². The number of hydrogen-bond acceptors (Lipinski definition) is 5. The maximum atomic E-state index is 12.8. The van der Waals surface area contributed by atoms with Crippen molar-refractivity contribution in [1.29, 1.82) is 0 Å². The largest absolute Gasteiger partial charge is 0.497 e. The average Bonchev–Trinajstić information content (AvgIpc) is 2.73. The molecule has 0 radical (unpaired) electrons. The van der Waals surface area contributed by atoms with Gasteiger partial charge in [0.25, 0.3) is 10.0 Å². The topological polar surface area (TPSA) is 73.9 Å². The van der Waals surface area contributed by atoms with E-state index in [9.17, 15) is 8.42 Å². The zero-order valence-corrected chi connectivity index (χ0v) is 16.4. The zero-order chi connectivity index (χ0) is 20.0. The van der Waals surface area contributed by atoms with Crippen LogP contribution in [-0.4, -0.2) is 22.6 Å². The summed E-state index contributed by atoms with van der Waals surface area (Å²) in [5.74, 6) is 1.30. The summed E-state index contributed by atoms with van der Waals surface area (Å²) in [6.07, 6.45) is 0. The molecule has 0 saturated heterocycles. The predicted molar refractivity (Wildman–Crippen MR) is 108 cm³/mol. The highest BCUT2D eigenvalue weighted by Gasteiger charge is 2.20. The zero-order valence-electron chi connectivity index (χ0n) is 15.6. The van der Waals surface area contributed by atoms with E-state index < -0.39 is 10.0 Å². The molecule has 0 aliphatic heterocycles. The van der Waals surface area contributed by atoms with Gasteiger partial charge in [-0.15, -0.1) is 0 Å². The Labute approximate surface area is 164 Å². The molecule has 0 heterocycles. The standard InChI is InChI=1S/C21H21NO5S/c1-25-19-12-13-20(26-2)21(14-19)28(23,24)22-17-8-10-18(11-9-17)27-15-16-6-4-3-5-7-16/h3-14,22H,15H2,1-2H3. The molecule has 0 aliphatic rings. The van der Waals surface area contributed by atoms with Crippen molar-refractivity contribution in [3.05, 3.63) is 78.4 Å². The minimum atomic E-state index is -3.85. The fourth-order valence-electron chi connectivity index (χ4n) is 2.56. The van der Waals surface area contributed by atoms with Gasteiger partial charge in [-0.3, -0.25) is 4.72 Å². The Morgan fingerprint density at radius 2 is 1.50 bits per heavy atom. The molecule has 0 aliphatic carbocycles. The van der Waals surface area contributed by atoms with Gasteiger partial charge in [0.2, 0.25) is 0 Å². The molecule has 3 aromatic rings. The van der Waals surface area contributed by atoms with Gasteiger partial charge in [-0.1, -0.05) is 30.3 Å².